The second kappa shape index (κ2) is 7.14. The van der Waals surface area contributed by atoms with Crippen LogP contribution in [-0.4, -0.2) is 30.8 Å². The van der Waals surface area contributed by atoms with E-state index in [9.17, 15) is 9.90 Å². The van der Waals surface area contributed by atoms with E-state index < -0.39 is 12.1 Å². The zero-order valence-corrected chi connectivity index (χ0v) is 12.1. The number of carbonyl (C=O) groups excluding carboxylic acids is 1. The van der Waals surface area contributed by atoms with Crippen LogP contribution < -0.4 is 5.32 Å². The van der Waals surface area contributed by atoms with Crippen LogP contribution in [0.5, 0.6) is 0 Å². The minimum absolute atomic E-state index is 0.00637. The van der Waals surface area contributed by atoms with E-state index in [1.807, 2.05) is 6.92 Å². The summed E-state index contributed by atoms with van der Waals surface area (Å²) >= 11 is 0. The van der Waals surface area contributed by atoms with Gasteiger partial charge in [0.1, 0.15) is 0 Å². The van der Waals surface area contributed by atoms with Crippen LogP contribution in [-0.2, 0) is 9.53 Å². The lowest BCUT2D eigenvalue weighted by Crippen LogP contribution is -2.23. The third-order valence-corrected chi connectivity index (χ3v) is 3.09. The molecule has 19 heavy (non-hydrogen) atoms. The molecule has 4 nitrogen and oxygen atoms in total. The molecule has 0 saturated heterocycles. The van der Waals surface area contributed by atoms with Crippen molar-refractivity contribution in [2.24, 2.45) is 0 Å². The fourth-order valence-electron chi connectivity index (χ4n) is 1.76. The number of hydrogen-bond donors (Lipinski definition) is 2. The average Bonchev–Trinajstić information content (AvgIpc) is 2.37. The van der Waals surface area contributed by atoms with Crippen LogP contribution in [0.2, 0.25) is 0 Å². The first kappa shape index (κ1) is 15.5. The maximum Gasteiger partial charge on any atom is 0.308 e. The summed E-state index contributed by atoms with van der Waals surface area (Å²) in [6, 6.07) is 6.26. The molecule has 1 aromatic carbocycles. The summed E-state index contributed by atoms with van der Waals surface area (Å²) < 4.78 is 4.52. The van der Waals surface area contributed by atoms with Gasteiger partial charge in [0, 0.05) is 12.2 Å². The highest BCUT2D eigenvalue weighted by Gasteiger charge is 2.11. The van der Waals surface area contributed by atoms with E-state index in [1.54, 1.807) is 0 Å². The summed E-state index contributed by atoms with van der Waals surface area (Å²) in [5.74, 6) is 0.0584. The molecule has 0 aromatic heterocycles. The lowest BCUT2D eigenvalue weighted by atomic mass is 10.0. The Morgan fingerprint density at radius 2 is 2.11 bits per heavy atom. The molecule has 2 N–H and O–H groups in total. The third kappa shape index (κ3) is 4.91. The molecule has 0 amide bonds. The summed E-state index contributed by atoms with van der Waals surface area (Å²) in [6.07, 6.45) is -0.735. The molecular weight excluding hydrogens is 242 g/mol. The largest absolute Gasteiger partial charge is 0.469 e. The van der Waals surface area contributed by atoms with Crippen molar-refractivity contribution < 1.29 is 14.6 Å². The van der Waals surface area contributed by atoms with Gasteiger partial charge >= 0.3 is 5.97 Å². The maximum atomic E-state index is 11.0. The molecule has 106 valence electrons. The summed E-state index contributed by atoms with van der Waals surface area (Å²) in [4.78, 5) is 11.0. The number of carbonyl (C=O) groups is 1. The lowest BCUT2D eigenvalue weighted by molar-refractivity contribution is -0.142. The minimum atomic E-state index is -0.741. The number of aliphatic hydroxyl groups excluding tert-OH is 1. The standard InChI is InChI=1S/C15H23NO3/c1-10(2)12-6-5-11(3)14(7-12)16-9-13(17)8-15(18)19-4/h5-7,10,13,16-17H,8-9H2,1-4H3. The fourth-order valence-corrected chi connectivity index (χ4v) is 1.76. The van der Waals surface area contributed by atoms with E-state index in [-0.39, 0.29) is 6.42 Å². The van der Waals surface area contributed by atoms with E-state index in [2.05, 4.69) is 42.1 Å². The Kier molecular flexibility index (Phi) is 5.83. The number of aliphatic hydroxyl groups is 1. The van der Waals surface area contributed by atoms with Gasteiger partial charge in [-0.15, -0.1) is 0 Å². The summed E-state index contributed by atoms with van der Waals surface area (Å²) in [5, 5.41) is 12.9. The maximum absolute atomic E-state index is 11.0. The lowest BCUT2D eigenvalue weighted by Gasteiger charge is -2.15. The molecule has 0 aliphatic heterocycles. The van der Waals surface area contributed by atoms with Gasteiger partial charge in [-0.2, -0.15) is 0 Å². The normalized spacial score (nSPS) is 12.3. The number of benzene rings is 1. The average molecular weight is 265 g/mol. The van der Waals surface area contributed by atoms with Crippen molar-refractivity contribution in [3.63, 3.8) is 0 Å². The van der Waals surface area contributed by atoms with Crippen LogP contribution in [0.3, 0.4) is 0 Å². The highest BCUT2D eigenvalue weighted by atomic mass is 16.5. The molecule has 0 radical (unpaired) electrons. The molecule has 0 fully saturated rings. The van der Waals surface area contributed by atoms with E-state index in [0.29, 0.717) is 12.5 Å². The fraction of sp³-hybridized carbons (Fsp3) is 0.533. The van der Waals surface area contributed by atoms with Gasteiger partial charge in [0.2, 0.25) is 0 Å². The molecule has 1 rings (SSSR count). The number of anilines is 1. The van der Waals surface area contributed by atoms with E-state index in [1.165, 1.54) is 12.7 Å². The van der Waals surface area contributed by atoms with Gasteiger partial charge in [0.05, 0.1) is 19.6 Å². The predicted octanol–water partition coefficient (Wildman–Crippen LogP) is 2.45. The first-order valence-electron chi connectivity index (χ1n) is 6.53. The van der Waals surface area contributed by atoms with Gasteiger partial charge < -0.3 is 15.2 Å². The second-order valence-corrected chi connectivity index (χ2v) is 5.04. The smallest absolute Gasteiger partial charge is 0.308 e. The quantitative estimate of drug-likeness (QED) is 0.776. The molecule has 4 heteroatoms. The highest BCUT2D eigenvalue weighted by molar-refractivity contribution is 5.69. The van der Waals surface area contributed by atoms with E-state index in [4.69, 9.17) is 0 Å². The Hall–Kier alpha value is -1.55. The Bertz CT molecular complexity index is 429. The van der Waals surface area contributed by atoms with Crippen LogP contribution in [0.15, 0.2) is 18.2 Å². The number of rotatable bonds is 6. The van der Waals surface area contributed by atoms with Crippen LogP contribution >= 0.6 is 0 Å². The topological polar surface area (TPSA) is 58.6 Å². The number of hydrogen-bond acceptors (Lipinski definition) is 4. The number of methoxy groups -OCH3 is 1. The molecule has 1 aromatic rings. The van der Waals surface area contributed by atoms with Crippen LogP contribution in [0.4, 0.5) is 5.69 Å². The van der Waals surface area contributed by atoms with Crippen LogP contribution in [0.25, 0.3) is 0 Å². The van der Waals surface area contributed by atoms with E-state index >= 15 is 0 Å². The molecule has 1 unspecified atom stereocenters. The van der Waals surface area contributed by atoms with Crippen molar-refractivity contribution in [1.82, 2.24) is 0 Å². The van der Waals surface area contributed by atoms with Crippen LogP contribution in [0.1, 0.15) is 37.3 Å². The van der Waals surface area contributed by atoms with Crippen molar-refractivity contribution in [3.05, 3.63) is 29.3 Å². The Morgan fingerprint density at radius 1 is 1.42 bits per heavy atom. The number of ether oxygens (including phenoxy) is 1. The van der Waals surface area contributed by atoms with Crippen LogP contribution in [0, 0.1) is 6.92 Å². The van der Waals surface area contributed by atoms with Gasteiger partial charge in [0.25, 0.3) is 0 Å². The second-order valence-electron chi connectivity index (χ2n) is 5.04. The molecule has 0 aliphatic rings. The van der Waals surface area contributed by atoms with Crippen molar-refractivity contribution >= 4 is 11.7 Å². The predicted molar refractivity (Wildman–Crippen MR) is 76.4 cm³/mol. The Morgan fingerprint density at radius 3 is 2.68 bits per heavy atom. The number of aryl methyl sites for hydroxylation is 1. The molecule has 0 aliphatic carbocycles. The molecule has 0 spiro atoms. The highest BCUT2D eigenvalue weighted by Crippen LogP contribution is 2.22. The Labute approximate surface area is 114 Å². The zero-order valence-electron chi connectivity index (χ0n) is 12.1. The number of esters is 1. The SMILES string of the molecule is COC(=O)CC(O)CNc1cc(C(C)C)ccc1C. The molecule has 0 saturated carbocycles. The van der Waals surface area contributed by atoms with Gasteiger partial charge in [-0.05, 0) is 30.0 Å². The third-order valence-electron chi connectivity index (χ3n) is 3.09. The van der Waals surface area contributed by atoms with Crippen molar-refractivity contribution in [2.75, 3.05) is 19.0 Å². The molecule has 1 atom stereocenters. The zero-order chi connectivity index (χ0) is 14.4. The molecule has 0 bridgehead atoms. The monoisotopic (exact) mass is 265 g/mol. The van der Waals surface area contributed by atoms with Crippen molar-refractivity contribution in [1.29, 1.82) is 0 Å². The van der Waals surface area contributed by atoms with Crippen molar-refractivity contribution in [2.45, 2.75) is 39.2 Å². The van der Waals surface area contributed by atoms with Gasteiger partial charge in [0.15, 0.2) is 0 Å². The molecular formula is C15H23NO3. The van der Waals surface area contributed by atoms with Gasteiger partial charge in [-0.25, -0.2) is 0 Å². The summed E-state index contributed by atoms with van der Waals surface area (Å²) in [5.41, 5.74) is 3.36. The first-order valence-corrected chi connectivity index (χ1v) is 6.53. The van der Waals surface area contributed by atoms with Gasteiger partial charge in [-0.3, -0.25) is 4.79 Å². The van der Waals surface area contributed by atoms with Gasteiger partial charge in [-0.1, -0.05) is 26.0 Å². The van der Waals surface area contributed by atoms with Crippen molar-refractivity contribution in [3.8, 4) is 0 Å². The summed E-state index contributed by atoms with van der Waals surface area (Å²) in [6.45, 7) is 6.62. The Balaban J connectivity index is 2.61. The van der Waals surface area contributed by atoms with E-state index in [0.717, 1.165) is 11.3 Å². The molecule has 0 heterocycles. The summed E-state index contributed by atoms with van der Waals surface area (Å²) in [7, 11) is 1.32. The minimum Gasteiger partial charge on any atom is -0.469 e. The number of nitrogens with one attached hydrogen (secondary N) is 1. The first-order chi connectivity index (χ1) is 8.93.